The Morgan fingerprint density at radius 1 is 1.19 bits per heavy atom. The molecule has 0 radical (unpaired) electrons. The van der Waals surface area contributed by atoms with Gasteiger partial charge in [0.05, 0.1) is 23.7 Å². The topological polar surface area (TPSA) is 108 Å². The van der Waals surface area contributed by atoms with E-state index in [1.165, 1.54) is 23.5 Å². The lowest BCUT2D eigenvalue weighted by molar-refractivity contribution is -0.125. The number of pyridine rings is 1. The van der Waals surface area contributed by atoms with Gasteiger partial charge in [-0.25, -0.2) is 14.4 Å². The molecule has 7 nitrogen and oxygen atoms in total. The second-order valence-corrected chi connectivity index (χ2v) is 6.67. The molecule has 0 fully saturated rings. The first-order valence-electron chi connectivity index (χ1n) is 7.97. The maximum Gasteiger partial charge on any atom is 0.240 e. The first-order chi connectivity index (χ1) is 13.0. The third-order valence-corrected chi connectivity index (χ3v) is 4.56. The number of nitrogens with one attached hydrogen (secondary N) is 2. The Morgan fingerprint density at radius 3 is 2.81 bits per heavy atom. The van der Waals surface area contributed by atoms with Crippen molar-refractivity contribution < 1.29 is 14.0 Å². The minimum Gasteiger partial charge on any atom is -0.347 e. The molecule has 0 saturated carbocycles. The molecule has 0 aliphatic carbocycles. The van der Waals surface area contributed by atoms with Crippen LogP contribution in [0.4, 0.5) is 4.39 Å². The SMILES string of the molecule is N#CCNC(=O)CNC(=O)Cc1nc2ncc(-c3cccc(F)c3)cc2s1. The predicted molar refractivity (Wildman–Crippen MR) is 98.1 cm³/mol. The van der Waals surface area contributed by atoms with Crippen molar-refractivity contribution in [2.24, 2.45) is 0 Å². The number of hydrogen-bond acceptors (Lipinski definition) is 6. The van der Waals surface area contributed by atoms with E-state index < -0.39 is 5.91 Å². The van der Waals surface area contributed by atoms with Gasteiger partial charge < -0.3 is 10.6 Å². The van der Waals surface area contributed by atoms with Crippen molar-refractivity contribution in [1.82, 2.24) is 20.6 Å². The molecule has 136 valence electrons. The third kappa shape index (κ3) is 4.83. The molecule has 0 unspecified atom stereocenters. The summed E-state index contributed by atoms with van der Waals surface area (Å²) in [4.78, 5) is 31.9. The van der Waals surface area contributed by atoms with Crippen LogP contribution in [0.2, 0.25) is 0 Å². The Hall–Kier alpha value is -3.38. The molecule has 2 amide bonds. The maximum absolute atomic E-state index is 13.4. The maximum atomic E-state index is 13.4. The molecule has 1 aromatic carbocycles. The summed E-state index contributed by atoms with van der Waals surface area (Å²) in [5.74, 6) is -1.12. The van der Waals surface area contributed by atoms with Crippen LogP contribution in [0.3, 0.4) is 0 Å². The summed E-state index contributed by atoms with van der Waals surface area (Å²) in [6.45, 7) is -0.306. The van der Waals surface area contributed by atoms with Crippen molar-refractivity contribution >= 4 is 33.5 Å². The van der Waals surface area contributed by atoms with Gasteiger partial charge in [-0.2, -0.15) is 5.26 Å². The summed E-state index contributed by atoms with van der Waals surface area (Å²) in [7, 11) is 0. The number of aromatic nitrogens is 2. The molecular weight excluding hydrogens is 369 g/mol. The van der Waals surface area contributed by atoms with Gasteiger partial charge in [0.2, 0.25) is 11.8 Å². The molecular formula is C18H14FN5O2S. The standard InChI is InChI=1S/C18H14FN5O2S/c19-13-3-1-2-11(6-13)12-7-14-18(23-9-12)24-17(27-14)8-15(25)22-10-16(26)21-5-4-20/h1-3,6-7,9H,5,8,10H2,(H,21,26)(H,22,25). The minimum atomic E-state index is -0.435. The van der Waals surface area contributed by atoms with Crippen molar-refractivity contribution in [2.75, 3.05) is 13.1 Å². The Balaban J connectivity index is 1.67. The molecule has 2 N–H and O–H groups in total. The molecule has 0 aliphatic rings. The van der Waals surface area contributed by atoms with Crippen LogP contribution in [0.5, 0.6) is 0 Å². The number of benzene rings is 1. The van der Waals surface area contributed by atoms with E-state index in [4.69, 9.17) is 5.26 Å². The monoisotopic (exact) mass is 383 g/mol. The van der Waals surface area contributed by atoms with Crippen LogP contribution in [0, 0.1) is 17.1 Å². The Kier molecular flexibility index (Phi) is 5.68. The number of rotatable bonds is 6. The van der Waals surface area contributed by atoms with Crippen LogP contribution in [-0.2, 0) is 16.0 Å². The van der Waals surface area contributed by atoms with Gasteiger partial charge in [-0.05, 0) is 23.8 Å². The summed E-state index contributed by atoms with van der Waals surface area (Å²) in [5, 5.41) is 13.7. The molecule has 0 aliphatic heterocycles. The highest BCUT2D eigenvalue weighted by molar-refractivity contribution is 7.18. The molecule has 9 heteroatoms. The van der Waals surface area contributed by atoms with Gasteiger partial charge in [-0.15, -0.1) is 11.3 Å². The molecule has 27 heavy (non-hydrogen) atoms. The molecule has 3 aromatic rings. The predicted octanol–water partition coefficient (Wildman–Crippen LogP) is 1.80. The summed E-state index contributed by atoms with van der Waals surface area (Å²) >= 11 is 1.31. The van der Waals surface area contributed by atoms with Crippen LogP contribution in [0.25, 0.3) is 21.5 Å². The fourth-order valence-electron chi connectivity index (χ4n) is 2.35. The number of carbonyl (C=O) groups is 2. The van der Waals surface area contributed by atoms with Crippen LogP contribution >= 0.6 is 11.3 Å². The lowest BCUT2D eigenvalue weighted by Crippen LogP contribution is -2.37. The lowest BCUT2D eigenvalue weighted by Gasteiger charge is -2.03. The summed E-state index contributed by atoms with van der Waals surface area (Å²) in [5.41, 5.74) is 1.98. The van der Waals surface area contributed by atoms with Gasteiger partial charge in [0, 0.05) is 11.8 Å². The highest BCUT2D eigenvalue weighted by Crippen LogP contribution is 2.27. The van der Waals surface area contributed by atoms with Crippen LogP contribution in [-0.4, -0.2) is 34.9 Å². The fraction of sp³-hybridized carbons (Fsp3) is 0.167. The zero-order chi connectivity index (χ0) is 19.2. The van der Waals surface area contributed by atoms with E-state index in [0.29, 0.717) is 16.2 Å². The van der Waals surface area contributed by atoms with E-state index in [1.54, 1.807) is 24.4 Å². The van der Waals surface area contributed by atoms with Crippen molar-refractivity contribution in [3.05, 3.63) is 47.4 Å². The third-order valence-electron chi connectivity index (χ3n) is 3.57. The van der Waals surface area contributed by atoms with E-state index >= 15 is 0 Å². The van der Waals surface area contributed by atoms with E-state index in [9.17, 15) is 14.0 Å². The number of amides is 2. The smallest absolute Gasteiger partial charge is 0.240 e. The van der Waals surface area contributed by atoms with Gasteiger partial charge >= 0.3 is 0 Å². The Labute approximate surface area is 157 Å². The fourth-order valence-corrected chi connectivity index (χ4v) is 3.31. The van der Waals surface area contributed by atoms with E-state index in [2.05, 4.69) is 20.6 Å². The molecule has 2 heterocycles. The second-order valence-electron chi connectivity index (χ2n) is 5.55. The van der Waals surface area contributed by atoms with Crippen LogP contribution in [0.15, 0.2) is 36.5 Å². The average Bonchev–Trinajstić information content (AvgIpc) is 3.06. The van der Waals surface area contributed by atoms with Crippen molar-refractivity contribution in [2.45, 2.75) is 6.42 Å². The summed E-state index contributed by atoms with van der Waals surface area (Å²) in [6.07, 6.45) is 1.63. The molecule has 0 spiro atoms. The first kappa shape index (κ1) is 18.4. The second kappa shape index (κ2) is 8.33. The highest BCUT2D eigenvalue weighted by Gasteiger charge is 2.12. The van der Waals surface area contributed by atoms with Crippen LogP contribution < -0.4 is 10.6 Å². The van der Waals surface area contributed by atoms with Gasteiger partial charge in [-0.1, -0.05) is 12.1 Å². The average molecular weight is 383 g/mol. The van der Waals surface area contributed by atoms with E-state index in [0.717, 1.165) is 10.3 Å². The number of nitriles is 1. The Morgan fingerprint density at radius 2 is 2.04 bits per heavy atom. The number of nitrogens with zero attached hydrogens (tertiary/aromatic N) is 3. The van der Waals surface area contributed by atoms with Gasteiger partial charge in [0.1, 0.15) is 17.4 Å². The van der Waals surface area contributed by atoms with Crippen molar-refractivity contribution in [3.63, 3.8) is 0 Å². The zero-order valence-corrected chi connectivity index (χ0v) is 14.8. The van der Waals surface area contributed by atoms with Gasteiger partial charge in [0.15, 0.2) is 5.65 Å². The number of fused-ring (bicyclic) bond motifs is 1. The highest BCUT2D eigenvalue weighted by atomic mass is 32.1. The molecule has 3 rings (SSSR count). The number of halogens is 1. The van der Waals surface area contributed by atoms with E-state index in [-0.39, 0.29) is 31.2 Å². The first-order valence-corrected chi connectivity index (χ1v) is 8.78. The minimum absolute atomic E-state index is 0.0157. The summed E-state index contributed by atoms with van der Waals surface area (Å²) in [6, 6.07) is 9.85. The molecule has 0 bridgehead atoms. The molecule has 2 aromatic heterocycles. The summed E-state index contributed by atoms with van der Waals surface area (Å²) < 4.78 is 14.2. The largest absolute Gasteiger partial charge is 0.347 e. The molecule has 0 atom stereocenters. The van der Waals surface area contributed by atoms with Gasteiger partial charge in [0.25, 0.3) is 0 Å². The van der Waals surface area contributed by atoms with Crippen molar-refractivity contribution in [3.8, 4) is 17.2 Å². The lowest BCUT2D eigenvalue weighted by atomic mass is 10.1. The Bertz CT molecular complexity index is 1040. The number of hydrogen-bond donors (Lipinski definition) is 2. The number of carbonyl (C=O) groups excluding carboxylic acids is 2. The normalized spacial score (nSPS) is 10.4. The van der Waals surface area contributed by atoms with E-state index in [1.807, 2.05) is 6.07 Å². The molecule has 0 saturated heterocycles. The van der Waals surface area contributed by atoms with Crippen molar-refractivity contribution in [1.29, 1.82) is 5.26 Å². The number of thiazole rings is 1. The van der Waals surface area contributed by atoms with Gasteiger partial charge in [-0.3, -0.25) is 9.59 Å². The quantitative estimate of drug-likeness (QED) is 0.631. The zero-order valence-electron chi connectivity index (χ0n) is 14.0. The van der Waals surface area contributed by atoms with Crippen LogP contribution in [0.1, 0.15) is 5.01 Å².